The molecule has 2 amide bonds. The molecule has 1 fully saturated rings. The highest BCUT2D eigenvalue weighted by atomic mass is 35.5. The van der Waals surface area contributed by atoms with E-state index in [0.717, 1.165) is 0 Å². The highest BCUT2D eigenvalue weighted by Gasteiger charge is 2.31. The van der Waals surface area contributed by atoms with Crippen molar-refractivity contribution in [2.24, 2.45) is 5.92 Å². The van der Waals surface area contributed by atoms with Crippen molar-refractivity contribution in [3.63, 3.8) is 0 Å². The zero-order chi connectivity index (χ0) is 21.7. The number of piperidine rings is 1. The molecule has 0 spiro atoms. The van der Waals surface area contributed by atoms with Crippen LogP contribution in [0.4, 0.5) is 5.82 Å². The van der Waals surface area contributed by atoms with Crippen molar-refractivity contribution in [1.82, 2.24) is 14.6 Å². The number of amides is 2. The first-order valence-electron chi connectivity index (χ1n) is 9.55. The third-order valence-corrected chi connectivity index (χ3v) is 6.73. The van der Waals surface area contributed by atoms with E-state index < -0.39 is 16.1 Å². The van der Waals surface area contributed by atoms with Gasteiger partial charge in [0.1, 0.15) is 5.82 Å². The third-order valence-electron chi connectivity index (χ3n) is 4.92. The van der Waals surface area contributed by atoms with Crippen LogP contribution in [0, 0.1) is 5.92 Å². The fourth-order valence-corrected chi connectivity index (χ4v) is 4.59. The van der Waals surface area contributed by atoms with E-state index >= 15 is 0 Å². The lowest BCUT2D eigenvalue weighted by Crippen LogP contribution is -2.50. The van der Waals surface area contributed by atoms with Gasteiger partial charge >= 0.3 is 0 Å². The molecule has 0 radical (unpaired) electrons. The molecule has 0 aliphatic carbocycles. The fraction of sp³-hybridized carbons (Fsp3) is 0.350. The molecule has 1 aromatic carbocycles. The molecule has 10 heteroatoms. The normalized spacial score (nSPS) is 16.1. The number of rotatable bonds is 6. The van der Waals surface area contributed by atoms with Crippen LogP contribution in [0.15, 0.2) is 53.6 Å². The molecule has 1 aromatic heterocycles. The van der Waals surface area contributed by atoms with Gasteiger partial charge in [-0.25, -0.2) is 13.4 Å². The number of likely N-dealkylation sites (tertiary alicyclic amines) is 1. The lowest BCUT2D eigenvalue weighted by Gasteiger charge is -2.33. The van der Waals surface area contributed by atoms with Crippen LogP contribution in [0.3, 0.4) is 0 Å². The lowest BCUT2D eigenvalue weighted by molar-refractivity contribution is -0.135. The molecule has 1 atom stereocenters. The molecule has 3 rings (SSSR count). The average Bonchev–Trinajstić information content (AvgIpc) is 2.74. The number of aromatic nitrogens is 1. The number of carbonyl (C=O) groups excluding carboxylic acids is 2. The summed E-state index contributed by atoms with van der Waals surface area (Å²) in [6.45, 7) is 2.27. The molecule has 0 bridgehead atoms. The Morgan fingerprint density at radius 1 is 1.13 bits per heavy atom. The lowest BCUT2D eigenvalue weighted by atomic mass is 9.95. The minimum atomic E-state index is -3.85. The Hall–Kier alpha value is -2.49. The van der Waals surface area contributed by atoms with Gasteiger partial charge in [0.15, 0.2) is 0 Å². The van der Waals surface area contributed by atoms with Crippen LogP contribution in [-0.4, -0.2) is 49.2 Å². The summed E-state index contributed by atoms with van der Waals surface area (Å²) < 4.78 is 27.4. The maximum absolute atomic E-state index is 12.7. The minimum Gasteiger partial charge on any atom is -0.341 e. The molecule has 2 heterocycles. The van der Waals surface area contributed by atoms with Gasteiger partial charge in [-0.1, -0.05) is 17.7 Å². The SMILES string of the molecule is C[C@H](NS(=O)(=O)c1ccc(Cl)cc1)C(=O)N1CCC(C(=O)Nc2ccccn2)CC1. The summed E-state index contributed by atoms with van der Waals surface area (Å²) in [6, 6.07) is 10.1. The summed E-state index contributed by atoms with van der Waals surface area (Å²) in [6.07, 6.45) is 2.60. The van der Waals surface area contributed by atoms with Crippen LogP contribution in [0.2, 0.25) is 5.02 Å². The molecular weight excluding hydrogens is 428 g/mol. The van der Waals surface area contributed by atoms with E-state index in [-0.39, 0.29) is 22.6 Å². The van der Waals surface area contributed by atoms with Gasteiger partial charge in [0.05, 0.1) is 10.9 Å². The van der Waals surface area contributed by atoms with Crippen LogP contribution in [0.25, 0.3) is 0 Å². The number of nitrogens with zero attached hydrogens (tertiary/aromatic N) is 2. The Kier molecular flexibility index (Phi) is 7.06. The first kappa shape index (κ1) is 22.2. The first-order chi connectivity index (χ1) is 14.3. The van der Waals surface area contributed by atoms with Crippen molar-refractivity contribution in [1.29, 1.82) is 0 Å². The van der Waals surface area contributed by atoms with E-state index in [1.807, 2.05) is 0 Å². The van der Waals surface area contributed by atoms with E-state index in [9.17, 15) is 18.0 Å². The van der Waals surface area contributed by atoms with E-state index in [2.05, 4.69) is 15.0 Å². The molecule has 2 aromatic rings. The van der Waals surface area contributed by atoms with Crippen molar-refractivity contribution in [3.8, 4) is 0 Å². The fourth-order valence-electron chi connectivity index (χ4n) is 3.27. The van der Waals surface area contributed by atoms with Crippen LogP contribution in [-0.2, 0) is 19.6 Å². The molecule has 0 unspecified atom stereocenters. The summed E-state index contributed by atoms with van der Waals surface area (Å²) in [7, 11) is -3.85. The number of sulfonamides is 1. The van der Waals surface area contributed by atoms with Crippen molar-refractivity contribution in [3.05, 3.63) is 53.7 Å². The number of halogens is 1. The summed E-state index contributed by atoms with van der Waals surface area (Å²) in [4.78, 5) is 30.8. The zero-order valence-corrected chi connectivity index (χ0v) is 18.0. The Balaban J connectivity index is 1.53. The van der Waals surface area contributed by atoms with Crippen LogP contribution >= 0.6 is 11.6 Å². The second-order valence-corrected chi connectivity index (χ2v) is 9.25. The molecule has 1 aliphatic heterocycles. The number of nitrogens with one attached hydrogen (secondary N) is 2. The maximum Gasteiger partial charge on any atom is 0.241 e. The van der Waals surface area contributed by atoms with E-state index in [1.165, 1.54) is 31.2 Å². The molecule has 8 nitrogen and oxygen atoms in total. The molecule has 0 saturated carbocycles. The predicted molar refractivity (Wildman–Crippen MR) is 113 cm³/mol. The van der Waals surface area contributed by atoms with Gasteiger partial charge < -0.3 is 10.2 Å². The van der Waals surface area contributed by atoms with E-state index in [4.69, 9.17) is 11.6 Å². The van der Waals surface area contributed by atoms with Crippen LogP contribution < -0.4 is 10.0 Å². The van der Waals surface area contributed by atoms with Crippen molar-refractivity contribution in [2.45, 2.75) is 30.7 Å². The Morgan fingerprint density at radius 3 is 2.40 bits per heavy atom. The molecule has 160 valence electrons. The van der Waals surface area contributed by atoms with Gasteiger partial charge in [0.2, 0.25) is 21.8 Å². The van der Waals surface area contributed by atoms with Crippen molar-refractivity contribution >= 4 is 39.3 Å². The van der Waals surface area contributed by atoms with Gasteiger partial charge in [-0.2, -0.15) is 4.72 Å². The first-order valence-corrected chi connectivity index (χ1v) is 11.4. The molecule has 2 N–H and O–H groups in total. The minimum absolute atomic E-state index is 0.0384. The largest absolute Gasteiger partial charge is 0.341 e. The van der Waals surface area contributed by atoms with Crippen molar-refractivity contribution in [2.75, 3.05) is 18.4 Å². The summed E-state index contributed by atoms with van der Waals surface area (Å²) in [5.41, 5.74) is 0. The molecule has 30 heavy (non-hydrogen) atoms. The smallest absolute Gasteiger partial charge is 0.241 e. The quantitative estimate of drug-likeness (QED) is 0.701. The summed E-state index contributed by atoms with van der Waals surface area (Å²) >= 11 is 5.79. The topological polar surface area (TPSA) is 108 Å². The van der Waals surface area contributed by atoms with Gasteiger partial charge in [0, 0.05) is 30.2 Å². The van der Waals surface area contributed by atoms with Gasteiger partial charge in [-0.15, -0.1) is 0 Å². The van der Waals surface area contributed by atoms with Crippen LogP contribution in [0.1, 0.15) is 19.8 Å². The summed E-state index contributed by atoms with van der Waals surface area (Å²) in [5.74, 6) is -0.184. The second kappa shape index (κ2) is 9.55. The molecule has 1 saturated heterocycles. The number of pyridine rings is 1. The Bertz CT molecular complexity index is 991. The number of benzene rings is 1. The van der Waals surface area contributed by atoms with Crippen LogP contribution in [0.5, 0.6) is 0 Å². The Morgan fingerprint density at radius 2 is 1.80 bits per heavy atom. The van der Waals surface area contributed by atoms with Gasteiger partial charge in [0.25, 0.3) is 0 Å². The highest BCUT2D eigenvalue weighted by Crippen LogP contribution is 2.20. The summed E-state index contributed by atoms with van der Waals surface area (Å²) in [5, 5.41) is 3.20. The number of anilines is 1. The number of hydrogen-bond acceptors (Lipinski definition) is 5. The second-order valence-electron chi connectivity index (χ2n) is 7.10. The zero-order valence-electron chi connectivity index (χ0n) is 16.4. The maximum atomic E-state index is 12.7. The van der Waals surface area contributed by atoms with E-state index in [1.54, 1.807) is 29.3 Å². The predicted octanol–water partition coefficient (Wildman–Crippen LogP) is 2.28. The van der Waals surface area contributed by atoms with Crippen molar-refractivity contribution < 1.29 is 18.0 Å². The number of carbonyl (C=O) groups is 2. The standard InChI is InChI=1S/C20H23ClN4O4S/c1-14(24-30(28,29)17-7-5-16(21)6-8-17)20(27)25-12-9-15(10-13-25)19(26)23-18-4-2-3-11-22-18/h2-8,11,14-15,24H,9-10,12-13H2,1H3,(H,22,23,26)/t14-/m0/s1. The van der Waals surface area contributed by atoms with Gasteiger partial charge in [-0.05, 0) is 56.2 Å². The molecular formula is C20H23ClN4O4S. The Labute approximate surface area is 180 Å². The third kappa shape index (κ3) is 5.56. The van der Waals surface area contributed by atoms with E-state index in [0.29, 0.717) is 36.8 Å². The average molecular weight is 451 g/mol. The monoisotopic (exact) mass is 450 g/mol. The highest BCUT2D eigenvalue weighted by molar-refractivity contribution is 7.89. The van der Waals surface area contributed by atoms with Gasteiger partial charge in [-0.3, -0.25) is 9.59 Å². The molecule has 1 aliphatic rings. The number of hydrogen-bond donors (Lipinski definition) is 2.